The van der Waals surface area contributed by atoms with Gasteiger partial charge in [-0.15, -0.1) is 10.2 Å². The lowest BCUT2D eigenvalue weighted by atomic mass is 10.0. The number of carbonyl (C=O) groups excluding carboxylic acids is 5. The maximum Gasteiger partial charge on any atom is 0.303 e. The minimum atomic E-state index is -1.61. The van der Waals surface area contributed by atoms with Crippen LogP contribution in [0, 0.1) is 0 Å². The molecule has 0 aliphatic carbocycles. The van der Waals surface area contributed by atoms with Crippen molar-refractivity contribution in [2.45, 2.75) is 59.0 Å². The molecule has 0 spiro atoms. The SMILES string of the molecule is CC(=O)OC[C@@H](OC(C)=O)[C@@H](OC(C)=O)[C@H](OC(C)=O)[C@@H](/C=N/Nc1nnc2c3ccccc3n(C)c2n1)OC(C)=O. The Labute approximate surface area is 239 Å². The molecule has 1 aromatic carbocycles. The van der Waals surface area contributed by atoms with Crippen LogP contribution in [0.25, 0.3) is 22.1 Å². The van der Waals surface area contributed by atoms with Crippen LogP contribution in [0.2, 0.25) is 0 Å². The van der Waals surface area contributed by atoms with E-state index in [0.717, 1.165) is 51.7 Å². The summed E-state index contributed by atoms with van der Waals surface area (Å²) in [5.74, 6) is -4.10. The van der Waals surface area contributed by atoms with E-state index < -0.39 is 60.9 Å². The van der Waals surface area contributed by atoms with Crippen molar-refractivity contribution in [1.82, 2.24) is 19.7 Å². The van der Waals surface area contributed by atoms with Gasteiger partial charge < -0.3 is 28.3 Å². The van der Waals surface area contributed by atoms with Gasteiger partial charge in [-0.1, -0.05) is 18.2 Å². The van der Waals surface area contributed by atoms with Crippen molar-refractivity contribution in [1.29, 1.82) is 0 Å². The molecule has 2 heterocycles. The Hall–Kier alpha value is -5.15. The van der Waals surface area contributed by atoms with E-state index in [0.29, 0.717) is 11.2 Å². The van der Waals surface area contributed by atoms with E-state index in [1.807, 2.05) is 35.9 Å². The van der Waals surface area contributed by atoms with Gasteiger partial charge in [-0.05, 0) is 6.07 Å². The number of ether oxygens (including phenoxy) is 5. The summed E-state index contributed by atoms with van der Waals surface area (Å²) in [6.45, 7) is 4.81. The normalized spacial score (nSPS) is 14.0. The molecular weight excluding hydrogens is 556 g/mol. The van der Waals surface area contributed by atoms with Gasteiger partial charge in [-0.25, -0.2) is 5.43 Å². The summed E-state index contributed by atoms with van der Waals surface area (Å²) in [6.07, 6.45) is -5.14. The van der Waals surface area contributed by atoms with Gasteiger partial charge in [-0.3, -0.25) is 24.0 Å². The zero-order valence-electron chi connectivity index (χ0n) is 23.7. The van der Waals surface area contributed by atoms with E-state index in [1.165, 1.54) is 0 Å². The van der Waals surface area contributed by atoms with Crippen molar-refractivity contribution in [3.05, 3.63) is 24.3 Å². The molecule has 2 aromatic heterocycles. The summed E-state index contributed by atoms with van der Waals surface area (Å²) >= 11 is 0. The highest BCUT2D eigenvalue weighted by Gasteiger charge is 2.43. The zero-order chi connectivity index (χ0) is 31.0. The predicted octanol–water partition coefficient (Wildman–Crippen LogP) is 1.20. The van der Waals surface area contributed by atoms with Crippen LogP contribution in [0.1, 0.15) is 34.6 Å². The summed E-state index contributed by atoms with van der Waals surface area (Å²) in [7, 11) is 1.82. The van der Waals surface area contributed by atoms with Crippen molar-refractivity contribution in [2.75, 3.05) is 12.0 Å². The van der Waals surface area contributed by atoms with Crippen molar-refractivity contribution in [3.8, 4) is 0 Å². The minimum Gasteiger partial charge on any atom is -0.462 e. The predicted molar refractivity (Wildman–Crippen MR) is 145 cm³/mol. The molecule has 0 aliphatic heterocycles. The summed E-state index contributed by atoms with van der Waals surface area (Å²) in [6, 6.07) is 7.55. The van der Waals surface area contributed by atoms with Gasteiger partial charge in [-0.2, -0.15) is 10.1 Å². The van der Waals surface area contributed by atoms with Gasteiger partial charge in [0.2, 0.25) is 0 Å². The number of aromatic nitrogens is 4. The number of hydrazone groups is 1. The number of fused-ring (bicyclic) bond motifs is 3. The number of nitrogens with zero attached hydrogens (tertiary/aromatic N) is 5. The second-order valence-corrected chi connectivity index (χ2v) is 8.95. The van der Waals surface area contributed by atoms with Crippen LogP contribution in [0.5, 0.6) is 0 Å². The van der Waals surface area contributed by atoms with Crippen LogP contribution in [0.4, 0.5) is 5.95 Å². The summed E-state index contributed by atoms with van der Waals surface area (Å²) < 4.78 is 28.0. The second kappa shape index (κ2) is 14.0. The second-order valence-electron chi connectivity index (χ2n) is 8.95. The largest absolute Gasteiger partial charge is 0.462 e. The van der Waals surface area contributed by atoms with Gasteiger partial charge in [0.05, 0.1) is 11.7 Å². The molecule has 0 aliphatic rings. The van der Waals surface area contributed by atoms with E-state index in [9.17, 15) is 24.0 Å². The number of carbonyl (C=O) groups is 5. The molecule has 0 unspecified atom stereocenters. The molecule has 42 heavy (non-hydrogen) atoms. The van der Waals surface area contributed by atoms with Crippen LogP contribution in [0.15, 0.2) is 29.4 Å². The van der Waals surface area contributed by atoms with E-state index >= 15 is 0 Å². The fourth-order valence-electron chi connectivity index (χ4n) is 4.06. The first-order chi connectivity index (χ1) is 19.9. The van der Waals surface area contributed by atoms with E-state index in [-0.39, 0.29) is 5.95 Å². The summed E-state index contributed by atoms with van der Waals surface area (Å²) in [5, 5.41) is 13.1. The lowest BCUT2D eigenvalue weighted by molar-refractivity contribution is -0.197. The number of hydrogen-bond donors (Lipinski definition) is 1. The number of esters is 5. The number of aryl methyl sites for hydroxylation is 1. The number of benzene rings is 1. The number of para-hydroxylation sites is 1. The third kappa shape index (κ3) is 8.18. The van der Waals surface area contributed by atoms with Crippen molar-refractivity contribution in [2.24, 2.45) is 12.1 Å². The van der Waals surface area contributed by atoms with Crippen molar-refractivity contribution < 1.29 is 47.7 Å². The first kappa shape index (κ1) is 31.4. The van der Waals surface area contributed by atoms with Crippen LogP contribution in [0.3, 0.4) is 0 Å². The smallest absolute Gasteiger partial charge is 0.303 e. The molecule has 16 nitrogen and oxygen atoms in total. The van der Waals surface area contributed by atoms with Gasteiger partial charge in [0.15, 0.2) is 30.1 Å². The van der Waals surface area contributed by atoms with Crippen LogP contribution < -0.4 is 5.43 Å². The molecule has 4 atom stereocenters. The van der Waals surface area contributed by atoms with Crippen molar-refractivity contribution >= 4 is 64.1 Å². The Bertz CT molecular complexity index is 1520. The van der Waals surface area contributed by atoms with Crippen molar-refractivity contribution in [3.63, 3.8) is 0 Å². The molecule has 224 valence electrons. The Morgan fingerprint density at radius 3 is 2.10 bits per heavy atom. The number of hydrogen-bond acceptors (Lipinski definition) is 15. The Morgan fingerprint density at radius 2 is 1.48 bits per heavy atom. The third-order valence-corrected chi connectivity index (χ3v) is 5.58. The Morgan fingerprint density at radius 1 is 0.857 bits per heavy atom. The van der Waals surface area contributed by atoms with Crippen LogP contribution in [-0.4, -0.2) is 86.8 Å². The summed E-state index contributed by atoms with van der Waals surface area (Å²) in [5.41, 5.74) is 4.56. The molecule has 0 saturated carbocycles. The first-order valence-electron chi connectivity index (χ1n) is 12.6. The van der Waals surface area contributed by atoms with E-state index in [2.05, 4.69) is 25.7 Å². The number of anilines is 1. The standard InChI is InChI=1S/C26H30N6O10/c1-13(33)38-12-21(40-15(3)35)24(42-17(5)37)23(41-16(4)36)20(39-14(2)34)11-27-30-26-28-25-22(29-31-26)18-9-7-8-10-19(18)32(25)6/h7-11,20-21,23-24H,12H2,1-6H3,(H,28,30,31)/b27-11+/t20-,21-,23-,24-/m1/s1. The quantitative estimate of drug-likeness (QED) is 0.137. The molecule has 3 aromatic rings. The highest BCUT2D eigenvalue weighted by Crippen LogP contribution is 2.25. The Balaban J connectivity index is 1.97. The molecule has 0 radical (unpaired) electrons. The first-order valence-corrected chi connectivity index (χ1v) is 12.6. The maximum absolute atomic E-state index is 12.1. The number of rotatable bonds is 12. The van der Waals surface area contributed by atoms with Gasteiger partial charge in [0, 0.05) is 47.1 Å². The van der Waals surface area contributed by atoms with Crippen LogP contribution >= 0.6 is 0 Å². The van der Waals surface area contributed by atoms with Gasteiger partial charge in [0.1, 0.15) is 12.1 Å². The van der Waals surface area contributed by atoms with E-state index in [1.54, 1.807) is 0 Å². The molecule has 0 bridgehead atoms. The van der Waals surface area contributed by atoms with Gasteiger partial charge in [0.25, 0.3) is 5.95 Å². The average molecular weight is 587 g/mol. The zero-order valence-corrected chi connectivity index (χ0v) is 23.7. The monoisotopic (exact) mass is 586 g/mol. The highest BCUT2D eigenvalue weighted by molar-refractivity contribution is 6.04. The third-order valence-electron chi connectivity index (χ3n) is 5.58. The molecule has 0 fully saturated rings. The average Bonchev–Trinajstić information content (AvgIpc) is 3.18. The Kier molecular flexibility index (Phi) is 10.4. The number of nitrogens with one attached hydrogen (secondary N) is 1. The van der Waals surface area contributed by atoms with Gasteiger partial charge >= 0.3 is 29.8 Å². The lowest BCUT2D eigenvalue weighted by Crippen LogP contribution is -2.53. The molecule has 16 heteroatoms. The lowest BCUT2D eigenvalue weighted by Gasteiger charge is -2.34. The van der Waals surface area contributed by atoms with E-state index in [4.69, 9.17) is 23.7 Å². The molecule has 0 amide bonds. The van der Waals surface area contributed by atoms with Crippen LogP contribution in [-0.2, 0) is 54.7 Å². The maximum atomic E-state index is 12.1. The topological polar surface area (TPSA) is 199 Å². The minimum absolute atomic E-state index is 0.0144. The fourth-order valence-corrected chi connectivity index (χ4v) is 4.06. The highest BCUT2D eigenvalue weighted by atomic mass is 16.6. The molecule has 1 N–H and O–H groups in total. The molecule has 0 saturated heterocycles. The molecular formula is C26H30N6O10. The fraction of sp³-hybridized carbons (Fsp3) is 0.423. The summed E-state index contributed by atoms with van der Waals surface area (Å²) in [4.78, 5) is 63.8. The molecule has 3 rings (SSSR count).